The molecular weight excluding hydrogens is 344 g/mol. The average Bonchev–Trinajstić information content (AvgIpc) is 3.39. The maximum Gasteiger partial charge on any atom is 0.226 e. The maximum absolute atomic E-state index is 12.5. The van der Waals surface area contributed by atoms with Crippen LogP contribution in [0, 0.1) is 17.3 Å². The molecule has 3 saturated heterocycles. The van der Waals surface area contributed by atoms with Crippen molar-refractivity contribution >= 4 is 5.91 Å². The monoisotopic (exact) mass is 376 g/mol. The maximum atomic E-state index is 12.5. The highest BCUT2D eigenvalue weighted by atomic mass is 16.5. The summed E-state index contributed by atoms with van der Waals surface area (Å²) in [4.78, 5) is 19.3. The average molecular weight is 377 g/mol. The summed E-state index contributed by atoms with van der Waals surface area (Å²) in [6.07, 6.45) is 4.12. The van der Waals surface area contributed by atoms with Crippen LogP contribution in [0.1, 0.15) is 58.7 Å². The van der Waals surface area contributed by atoms with E-state index < -0.39 is 0 Å². The molecule has 7 nitrogen and oxygen atoms in total. The Morgan fingerprint density at radius 2 is 2.22 bits per heavy atom. The van der Waals surface area contributed by atoms with Gasteiger partial charge in [-0.05, 0) is 19.3 Å². The van der Waals surface area contributed by atoms with E-state index in [0.717, 1.165) is 51.1 Å². The van der Waals surface area contributed by atoms with Crippen LogP contribution in [-0.2, 0) is 22.5 Å². The Labute approximate surface area is 161 Å². The molecule has 7 heteroatoms. The lowest BCUT2D eigenvalue weighted by atomic mass is 9.73. The van der Waals surface area contributed by atoms with Crippen molar-refractivity contribution in [1.82, 2.24) is 20.4 Å². The summed E-state index contributed by atoms with van der Waals surface area (Å²) in [7, 11) is 0. The van der Waals surface area contributed by atoms with E-state index in [9.17, 15) is 4.79 Å². The topological polar surface area (TPSA) is 80.5 Å². The third-order valence-corrected chi connectivity index (χ3v) is 7.03. The van der Waals surface area contributed by atoms with Crippen molar-refractivity contribution in [3.8, 4) is 0 Å². The number of hydrogen-bond acceptors (Lipinski definition) is 6. The Hall–Kier alpha value is -1.47. The molecule has 4 rings (SSSR count). The van der Waals surface area contributed by atoms with E-state index in [1.165, 1.54) is 0 Å². The molecule has 0 aliphatic carbocycles. The second-order valence-corrected chi connectivity index (χ2v) is 9.11. The molecule has 1 spiro atoms. The second kappa shape index (κ2) is 6.85. The number of rotatable bonds is 7. The van der Waals surface area contributed by atoms with Crippen molar-refractivity contribution in [2.75, 3.05) is 19.6 Å². The Balaban J connectivity index is 1.39. The van der Waals surface area contributed by atoms with E-state index in [4.69, 9.17) is 9.26 Å². The van der Waals surface area contributed by atoms with Crippen LogP contribution in [0.4, 0.5) is 0 Å². The zero-order valence-electron chi connectivity index (χ0n) is 17.0. The zero-order chi connectivity index (χ0) is 19.2. The molecule has 4 atom stereocenters. The first kappa shape index (κ1) is 18.9. The van der Waals surface area contributed by atoms with Crippen LogP contribution in [0.2, 0.25) is 0 Å². The molecule has 3 aliphatic rings. The Morgan fingerprint density at radius 1 is 1.41 bits per heavy atom. The summed E-state index contributed by atoms with van der Waals surface area (Å²) in [6, 6.07) is 0. The molecule has 1 aromatic rings. The molecule has 1 N–H and O–H groups in total. The van der Waals surface area contributed by atoms with Gasteiger partial charge in [-0.1, -0.05) is 32.9 Å². The van der Waals surface area contributed by atoms with Gasteiger partial charge in [0, 0.05) is 43.3 Å². The first-order valence-corrected chi connectivity index (χ1v) is 10.4. The van der Waals surface area contributed by atoms with Crippen LogP contribution in [0.3, 0.4) is 0 Å². The smallest absolute Gasteiger partial charge is 0.226 e. The summed E-state index contributed by atoms with van der Waals surface area (Å²) in [5.41, 5.74) is -0.356. The minimum absolute atomic E-state index is 0.0440. The molecule has 1 aromatic heterocycles. The van der Waals surface area contributed by atoms with Crippen molar-refractivity contribution in [2.45, 2.75) is 71.6 Å². The van der Waals surface area contributed by atoms with E-state index in [0.29, 0.717) is 30.4 Å². The molecule has 3 fully saturated rings. The summed E-state index contributed by atoms with van der Waals surface area (Å²) < 4.78 is 11.7. The first-order chi connectivity index (χ1) is 12.9. The van der Waals surface area contributed by atoms with Gasteiger partial charge in [-0.3, -0.25) is 9.69 Å². The van der Waals surface area contributed by atoms with Gasteiger partial charge in [0.2, 0.25) is 11.8 Å². The summed E-state index contributed by atoms with van der Waals surface area (Å²) >= 11 is 0. The van der Waals surface area contributed by atoms with Crippen molar-refractivity contribution < 1.29 is 14.1 Å². The van der Waals surface area contributed by atoms with Crippen molar-refractivity contribution in [3.63, 3.8) is 0 Å². The van der Waals surface area contributed by atoms with E-state index in [-0.39, 0.29) is 16.9 Å². The van der Waals surface area contributed by atoms with Gasteiger partial charge in [-0.2, -0.15) is 4.98 Å². The molecule has 0 saturated carbocycles. The number of aromatic nitrogens is 2. The van der Waals surface area contributed by atoms with Gasteiger partial charge in [-0.15, -0.1) is 0 Å². The number of amides is 1. The van der Waals surface area contributed by atoms with Gasteiger partial charge in [0.15, 0.2) is 5.82 Å². The van der Waals surface area contributed by atoms with Crippen molar-refractivity contribution in [1.29, 1.82) is 0 Å². The number of carbonyl (C=O) groups is 1. The molecule has 27 heavy (non-hydrogen) atoms. The number of nitrogens with zero attached hydrogens (tertiary/aromatic N) is 3. The standard InChI is InChI=1S/C20H32N4O3/c1-5-17-22-16(23-27-17)11-24-10-14-13(9-21-18(25)19(3,4)6-2)15-7-8-20(14,12-24)26-15/h13-15H,5-12H2,1-4H3,(H,21,25)/t13-,14+,15+,20+/m0/s1. The summed E-state index contributed by atoms with van der Waals surface area (Å²) in [6.45, 7) is 11.4. The fourth-order valence-corrected chi connectivity index (χ4v) is 4.99. The molecule has 3 aliphatic heterocycles. The molecule has 0 unspecified atom stereocenters. The predicted octanol–water partition coefficient (Wildman–Crippen LogP) is 2.16. The molecular formula is C20H32N4O3. The highest BCUT2D eigenvalue weighted by Crippen LogP contribution is 2.54. The number of likely N-dealkylation sites (tertiary alicyclic amines) is 1. The van der Waals surface area contributed by atoms with Gasteiger partial charge in [-0.25, -0.2) is 0 Å². The molecule has 0 aromatic carbocycles. The van der Waals surface area contributed by atoms with E-state index >= 15 is 0 Å². The Kier molecular flexibility index (Phi) is 4.79. The lowest BCUT2D eigenvalue weighted by Gasteiger charge is -2.31. The number of hydrogen-bond donors (Lipinski definition) is 1. The normalized spacial score (nSPS) is 32.8. The van der Waals surface area contributed by atoms with E-state index in [1.807, 2.05) is 20.8 Å². The third-order valence-electron chi connectivity index (χ3n) is 7.03. The fourth-order valence-electron chi connectivity index (χ4n) is 4.99. The van der Waals surface area contributed by atoms with Crippen LogP contribution in [0.15, 0.2) is 4.52 Å². The van der Waals surface area contributed by atoms with Gasteiger partial charge < -0.3 is 14.6 Å². The third kappa shape index (κ3) is 3.29. The molecule has 1 amide bonds. The van der Waals surface area contributed by atoms with Gasteiger partial charge in [0.1, 0.15) is 0 Å². The van der Waals surface area contributed by atoms with Gasteiger partial charge in [0.05, 0.1) is 18.2 Å². The van der Waals surface area contributed by atoms with Crippen LogP contribution >= 0.6 is 0 Å². The van der Waals surface area contributed by atoms with Crippen LogP contribution in [-0.4, -0.2) is 52.3 Å². The number of fused-ring (bicyclic) bond motifs is 1. The molecule has 2 bridgehead atoms. The van der Waals surface area contributed by atoms with Gasteiger partial charge in [0.25, 0.3) is 0 Å². The van der Waals surface area contributed by atoms with Crippen LogP contribution in [0.25, 0.3) is 0 Å². The number of carbonyl (C=O) groups excluding carboxylic acids is 1. The predicted molar refractivity (Wildman–Crippen MR) is 99.9 cm³/mol. The Morgan fingerprint density at radius 3 is 2.93 bits per heavy atom. The Bertz CT molecular complexity index is 703. The van der Waals surface area contributed by atoms with E-state index in [2.05, 4.69) is 27.3 Å². The summed E-state index contributed by atoms with van der Waals surface area (Å²) in [5, 5.41) is 7.30. The van der Waals surface area contributed by atoms with Crippen molar-refractivity contribution in [3.05, 3.63) is 11.7 Å². The molecule has 150 valence electrons. The zero-order valence-corrected chi connectivity index (χ0v) is 17.0. The lowest BCUT2D eigenvalue weighted by Crippen LogP contribution is -2.44. The number of aryl methyl sites for hydroxylation is 1. The summed E-state index contributed by atoms with van der Waals surface area (Å²) in [5.74, 6) is 2.47. The molecule has 0 radical (unpaired) electrons. The highest BCUT2D eigenvalue weighted by Gasteiger charge is 2.62. The quantitative estimate of drug-likeness (QED) is 0.785. The largest absolute Gasteiger partial charge is 0.370 e. The highest BCUT2D eigenvalue weighted by molar-refractivity contribution is 5.81. The second-order valence-electron chi connectivity index (χ2n) is 9.11. The van der Waals surface area contributed by atoms with E-state index in [1.54, 1.807) is 0 Å². The minimum Gasteiger partial charge on any atom is -0.370 e. The fraction of sp³-hybridized carbons (Fsp3) is 0.850. The number of ether oxygens (including phenoxy) is 1. The lowest BCUT2D eigenvalue weighted by molar-refractivity contribution is -0.129. The van der Waals surface area contributed by atoms with Crippen molar-refractivity contribution in [2.24, 2.45) is 17.3 Å². The van der Waals surface area contributed by atoms with Crippen LogP contribution < -0.4 is 5.32 Å². The SMILES string of the molecule is CCc1nc(CN2C[C@@H]3[C@H](CNC(=O)C(C)(C)CC)[C@H]4CC[C@]3(C2)O4)no1. The van der Waals surface area contributed by atoms with Gasteiger partial charge >= 0.3 is 0 Å². The molecule has 4 heterocycles. The number of nitrogens with one attached hydrogen (secondary N) is 1. The van der Waals surface area contributed by atoms with Crippen LogP contribution in [0.5, 0.6) is 0 Å². The minimum atomic E-state index is -0.312. The first-order valence-electron chi connectivity index (χ1n) is 10.4.